The van der Waals surface area contributed by atoms with E-state index in [2.05, 4.69) is 0 Å². The van der Waals surface area contributed by atoms with Crippen molar-refractivity contribution in [3.63, 3.8) is 0 Å². The molecule has 10 heteroatoms. The van der Waals surface area contributed by atoms with Crippen molar-refractivity contribution in [1.29, 1.82) is 0 Å². The quantitative estimate of drug-likeness (QED) is 0.250. The van der Waals surface area contributed by atoms with Crippen LogP contribution >= 0.6 is 0 Å². The predicted molar refractivity (Wildman–Crippen MR) is 257 cm³/mol. The SMILES string of the molecule is [Li+].[Li+].[Li+].[O-]c1ccc2ccccc2c1-c1c([O-])ccc2ccccc12.[O-]c1ccc2ccccc2c1-c1c([O-])ccc2ccccc12.[O-]c1ccc2ccccc2c1-c1c([O-])ccc2ccccc12.[Y+3]. The van der Waals surface area contributed by atoms with E-state index in [-0.39, 0.29) is 124 Å². The summed E-state index contributed by atoms with van der Waals surface area (Å²) < 4.78 is 0. The molecule has 0 fully saturated rings. The molecule has 0 bridgehead atoms. The second-order valence-corrected chi connectivity index (χ2v) is 16.0. The molecule has 0 aliphatic carbocycles. The van der Waals surface area contributed by atoms with Crippen LogP contribution in [0, 0.1) is 0 Å². The third-order valence-corrected chi connectivity index (χ3v) is 12.1. The van der Waals surface area contributed by atoms with Gasteiger partial charge in [-0.1, -0.05) is 218 Å². The molecule has 0 atom stereocenters. The van der Waals surface area contributed by atoms with E-state index in [0.29, 0.717) is 33.4 Å². The molecule has 0 aromatic heterocycles. The zero-order valence-electron chi connectivity index (χ0n) is 38.8. The van der Waals surface area contributed by atoms with Gasteiger partial charge in [0.2, 0.25) is 0 Å². The van der Waals surface area contributed by atoms with Crippen molar-refractivity contribution in [3.8, 4) is 67.9 Å². The summed E-state index contributed by atoms with van der Waals surface area (Å²) >= 11 is 0. The molecule has 6 nitrogen and oxygen atoms in total. The monoisotopic (exact) mass is 962 g/mol. The van der Waals surface area contributed by atoms with Crippen molar-refractivity contribution >= 4 is 64.6 Å². The van der Waals surface area contributed by atoms with Gasteiger partial charge < -0.3 is 30.6 Å². The second kappa shape index (κ2) is 23.2. The van der Waals surface area contributed by atoms with Crippen molar-refractivity contribution in [3.05, 3.63) is 218 Å². The van der Waals surface area contributed by atoms with Crippen molar-refractivity contribution in [1.82, 2.24) is 0 Å². The molecule has 0 heterocycles. The Morgan fingerprint density at radius 2 is 0.300 bits per heavy atom. The Morgan fingerprint density at radius 1 is 0.171 bits per heavy atom. The summed E-state index contributed by atoms with van der Waals surface area (Å²) in [5.74, 6) is -0.710. The van der Waals surface area contributed by atoms with Crippen LogP contribution in [0.4, 0.5) is 0 Å². The van der Waals surface area contributed by atoms with E-state index >= 15 is 0 Å². The van der Waals surface area contributed by atoms with Gasteiger partial charge in [-0.05, 0) is 98.0 Å². The number of hydrogen-bond acceptors (Lipinski definition) is 6. The van der Waals surface area contributed by atoms with Crippen LogP contribution in [-0.2, 0) is 32.7 Å². The van der Waals surface area contributed by atoms with Crippen LogP contribution in [0.3, 0.4) is 0 Å². The van der Waals surface area contributed by atoms with Crippen LogP contribution in [0.2, 0.25) is 0 Å². The fourth-order valence-corrected chi connectivity index (χ4v) is 9.06. The zero-order valence-corrected chi connectivity index (χ0v) is 41.6. The van der Waals surface area contributed by atoms with Gasteiger partial charge in [0.25, 0.3) is 0 Å². The van der Waals surface area contributed by atoms with Gasteiger partial charge in [0.05, 0.1) is 0 Å². The minimum Gasteiger partial charge on any atom is -0.872 e. The normalized spacial score (nSPS) is 10.5. The van der Waals surface area contributed by atoms with Crippen molar-refractivity contribution in [2.45, 2.75) is 0 Å². The van der Waals surface area contributed by atoms with E-state index in [1.54, 1.807) is 72.8 Å². The largest absolute Gasteiger partial charge is 3.00 e. The molecule has 0 unspecified atom stereocenters. The molecule has 70 heavy (non-hydrogen) atoms. The van der Waals surface area contributed by atoms with Gasteiger partial charge in [0.1, 0.15) is 0 Å². The molecular weight excluding hydrogens is 926 g/mol. The fraction of sp³-hybridized carbons (Fsp3) is 0. The summed E-state index contributed by atoms with van der Waals surface area (Å²) in [5.41, 5.74) is 3.00. The molecule has 0 saturated heterocycles. The van der Waals surface area contributed by atoms with E-state index in [1.165, 1.54) is 0 Å². The van der Waals surface area contributed by atoms with E-state index in [0.717, 1.165) is 64.6 Å². The molecule has 0 saturated carbocycles. The maximum Gasteiger partial charge on any atom is 3.00 e. The molecule has 0 aliphatic heterocycles. The van der Waals surface area contributed by atoms with Crippen molar-refractivity contribution in [2.24, 2.45) is 0 Å². The Bertz CT molecular complexity index is 3180. The molecule has 0 spiro atoms. The van der Waals surface area contributed by atoms with E-state index in [1.807, 2.05) is 146 Å². The minimum atomic E-state index is -0.118. The fourth-order valence-electron chi connectivity index (χ4n) is 9.06. The molecule has 12 rings (SSSR count). The van der Waals surface area contributed by atoms with E-state index in [4.69, 9.17) is 0 Å². The van der Waals surface area contributed by atoms with Gasteiger partial charge in [-0.3, -0.25) is 0 Å². The van der Waals surface area contributed by atoms with Crippen molar-refractivity contribution < 1.29 is 120 Å². The first kappa shape index (κ1) is 53.3. The second-order valence-electron chi connectivity index (χ2n) is 16.0. The van der Waals surface area contributed by atoms with Gasteiger partial charge in [0, 0.05) is 0 Å². The Kier molecular flexibility index (Phi) is 17.7. The summed E-state index contributed by atoms with van der Waals surface area (Å²) in [6.07, 6.45) is 0. The van der Waals surface area contributed by atoms with Crippen LogP contribution < -0.4 is 87.2 Å². The predicted octanol–water partition coefficient (Wildman–Crippen LogP) is 2.43. The smallest absolute Gasteiger partial charge is 0.872 e. The molecule has 0 amide bonds. The molecule has 0 aliphatic rings. The summed E-state index contributed by atoms with van der Waals surface area (Å²) in [5, 5.41) is 85.7. The van der Waals surface area contributed by atoms with E-state index in [9.17, 15) is 30.6 Å². The first-order valence-electron chi connectivity index (χ1n) is 21.4. The first-order chi connectivity index (χ1) is 32.3. The number of fused-ring (bicyclic) bond motifs is 6. The molecule has 12 aromatic carbocycles. The Hall–Kier alpha value is -6.10. The maximum atomic E-state index is 12.5. The van der Waals surface area contributed by atoms with Crippen LogP contribution in [0.15, 0.2) is 218 Å². The van der Waals surface area contributed by atoms with Crippen LogP contribution in [0.5, 0.6) is 34.5 Å². The molecule has 12 aromatic rings. The Morgan fingerprint density at radius 3 is 0.443 bits per heavy atom. The van der Waals surface area contributed by atoms with E-state index < -0.39 is 0 Å². The van der Waals surface area contributed by atoms with Crippen LogP contribution in [0.25, 0.3) is 98.0 Å². The molecule has 0 radical (unpaired) electrons. The Balaban J connectivity index is 0.000000167. The standard InChI is InChI=1S/3C20H14O2.3Li.Y/c3*21-17-11-9-13-5-1-3-7-15(13)19(17)20-16-8-4-2-6-14(16)10-12-18(20)22;;;;/h3*1-12,21-22H;;;;/q;;;3*+1;+3/p-6. The third kappa shape index (κ3) is 10.2. The minimum absolute atomic E-state index is 0. The van der Waals surface area contributed by atoms with Gasteiger partial charge in [-0.2, -0.15) is 0 Å². The van der Waals surface area contributed by atoms with Crippen molar-refractivity contribution in [2.75, 3.05) is 0 Å². The average molecular weight is 963 g/mol. The average Bonchev–Trinajstić information content (AvgIpc) is 3.35. The topological polar surface area (TPSA) is 138 Å². The first-order valence-corrected chi connectivity index (χ1v) is 21.4. The summed E-state index contributed by atoms with van der Waals surface area (Å²) in [6.45, 7) is 0. The summed E-state index contributed by atoms with van der Waals surface area (Å²) in [4.78, 5) is 0. The maximum absolute atomic E-state index is 12.5. The van der Waals surface area contributed by atoms with Gasteiger partial charge in [-0.25, -0.2) is 0 Å². The zero-order chi connectivity index (χ0) is 45.3. The summed E-state index contributed by atoms with van der Waals surface area (Å²) in [7, 11) is 0. The van der Waals surface area contributed by atoms with Gasteiger partial charge >= 0.3 is 89.3 Å². The third-order valence-electron chi connectivity index (χ3n) is 12.1. The van der Waals surface area contributed by atoms with Crippen LogP contribution in [-0.4, -0.2) is 0 Å². The Labute approximate surface area is 466 Å². The van der Waals surface area contributed by atoms with Gasteiger partial charge in [-0.15, -0.1) is 34.5 Å². The number of benzene rings is 12. The number of hydrogen-bond donors (Lipinski definition) is 0. The summed E-state index contributed by atoms with van der Waals surface area (Å²) in [6, 6.07) is 66.1. The van der Waals surface area contributed by atoms with Gasteiger partial charge in [0.15, 0.2) is 0 Å². The molecule has 318 valence electrons. The molecule has 0 N–H and O–H groups in total. The van der Waals surface area contributed by atoms with Crippen LogP contribution in [0.1, 0.15) is 0 Å². The number of rotatable bonds is 3. The molecular formula is C60H36Li3O6Y.